The monoisotopic (exact) mass is 258 g/mol. The van der Waals surface area contributed by atoms with E-state index in [4.69, 9.17) is 0 Å². The standard InChI is InChI=1S/C12H10N4OS/c1-2-7-6-8-11(17)15-10(16-12(8)18-7)9-13-4-3-5-14-9/h3-6H,2H2,1H3,(H,15,16,17). The van der Waals surface area contributed by atoms with E-state index in [0.29, 0.717) is 17.0 Å². The molecule has 0 aliphatic rings. The maximum atomic E-state index is 12.0. The Morgan fingerprint density at radius 1 is 1.33 bits per heavy atom. The molecule has 0 aliphatic heterocycles. The van der Waals surface area contributed by atoms with Crippen molar-refractivity contribution in [2.45, 2.75) is 13.3 Å². The molecule has 0 spiro atoms. The zero-order valence-electron chi connectivity index (χ0n) is 9.67. The number of hydrogen-bond acceptors (Lipinski definition) is 5. The van der Waals surface area contributed by atoms with E-state index in [1.807, 2.05) is 6.07 Å². The van der Waals surface area contributed by atoms with Gasteiger partial charge in [-0.1, -0.05) is 6.92 Å². The van der Waals surface area contributed by atoms with Gasteiger partial charge in [0.05, 0.1) is 5.39 Å². The molecule has 0 amide bonds. The number of aromatic nitrogens is 4. The SMILES string of the molecule is CCc1cc2c(=O)[nH]c(-c3ncccn3)nc2s1. The van der Waals surface area contributed by atoms with Gasteiger partial charge in [-0.25, -0.2) is 15.0 Å². The fourth-order valence-electron chi connectivity index (χ4n) is 1.68. The second-order valence-corrected chi connectivity index (χ2v) is 4.89. The highest BCUT2D eigenvalue weighted by Crippen LogP contribution is 2.22. The molecule has 90 valence electrons. The van der Waals surface area contributed by atoms with E-state index in [1.54, 1.807) is 18.5 Å². The van der Waals surface area contributed by atoms with Gasteiger partial charge in [0.2, 0.25) is 0 Å². The Morgan fingerprint density at radius 2 is 2.11 bits per heavy atom. The third-order valence-corrected chi connectivity index (χ3v) is 3.75. The molecule has 0 radical (unpaired) electrons. The molecule has 3 rings (SSSR count). The minimum atomic E-state index is -0.140. The zero-order chi connectivity index (χ0) is 12.5. The third-order valence-electron chi connectivity index (χ3n) is 2.58. The number of aromatic amines is 1. The summed E-state index contributed by atoms with van der Waals surface area (Å²) in [5.41, 5.74) is -0.140. The number of thiophene rings is 1. The summed E-state index contributed by atoms with van der Waals surface area (Å²) >= 11 is 1.53. The number of H-pyrrole nitrogens is 1. The van der Waals surface area contributed by atoms with E-state index in [-0.39, 0.29) is 5.56 Å². The first-order chi connectivity index (χ1) is 8.78. The maximum Gasteiger partial charge on any atom is 0.260 e. The highest BCUT2D eigenvalue weighted by molar-refractivity contribution is 7.18. The van der Waals surface area contributed by atoms with Crippen LogP contribution in [0.2, 0.25) is 0 Å². The molecule has 6 heteroatoms. The van der Waals surface area contributed by atoms with E-state index >= 15 is 0 Å². The fraction of sp³-hybridized carbons (Fsp3) is 0.167. The van der Waals surface area contributed by atoms with Gasteiger partial charge >= 0.3 is 0 Å². The quantitative estimate of drug-likeness (QED) is 0.763. The lowest BCUT2D eigenvalue weighted by atomic mass is 10.3. The van der Waals surface area contributed by atoms with Gasteiger partial charge in [-0.15, -0.1) is 11.3 Å². The zero-order valence-corrected chi connectivity index (χ0v) is 10.5. The Kier molecular flexibility index (Phi) is 2.64. The van der Waals surface area contributed by atoms with Crippen LogP contribution >= 0.6 is 11.3 Å². The molecule has 3 aromatic rings. The van der Waals surface area contributed by atoms with Crippen LogP contribution in [-0.4, -0.2) is 19.9 Å². The van der Waals surface area contributed by atoms with Crippen molar-refractivity contribution in [2.24, 2.45) is 0 Å². The highest BCUT2D eigenvalue weighted by Gasteiger charge is 2.10. The van der Waals surface area contributed by atoms with Crippen LogP contribution in [0.5, 0.6) is 0 Å². The second-order valence-electron chi connectivity index (χ2n) is 3.77. The molecule has 0 saturated heterocycles. The van der Waals surface area contributed by atoms with Crippen molar-refractivity contribution in [1.82, 2.24) is 19.9 Å². The molecular weight excluding hydrogens is 248 g/mol. The Hall–Kier alpha value is -2.08. The topological polar surface area (TPSA) is 71.5 Å². The van der Waals surface area contributed by atoms with Gasteiger partial charge in [0, 0.05) is 17.3 Å². The first-order valence-electron chi connectivity index (χ1n) is 5.58. The van der Waals surface area contributed by atoms with Gasteiger partial charge in [0.15, 0.2) is 11.6 Å². The maximum absolute atomic E-state index is 12.0. The molecule has 3 aromatic heterocycles. The Morgan fingerprint density at radius 3 is 2.83 bits per heavy atom. The average molecular weight is 258 g/mol. The summed E-state index contributed by atoms with van der Waals surface area (Å²) in [5.74, 6) is 0.848. The van der Waals surface area contributed by atoms with E-state index < -0.39 is 0 Å². The third kappa shape index (κ3) is 1.80. The predicted molar refractivity (Wildman–Crippen MR) is 70.6 cm³/mol. The largest absolute Gasteiger partial charge is 0.303 e. The molecule has 0 unspecified atom stereocenters. The summed E-state index contributed by atoms with van der Waals surface area (Å²) in [6.45, 7) is 2.06. The number of fused-ring (bicyclic) bond motifs is 1. The van der Waals surface area contributed by atoms with Crippen molar-refractivity contribution in [3.63, 3.8) is 0 Å². The van der Waals surface area contributed by atoms with E-state index in [1.165, 1.54) is 11.3 Å². The van der Waals surface area contributed by atoms with Gasteiger partial charge in [-0.2, -0.15) is 0 Å². The van der Waals surface area contributed by atoms with Crippen molar-refractivity contribution in [3.8, 4) is 11.6 Å². The van der Waals surface area contributed by atoms with Gasteiger partial charge in [-0.3, -0.25) is 4.79 Å². The minimum Gasteiger partial charge on any atom is -0.303 e. The Labute approximate surface area is 107 Å². The van der Waals surface area contributed by atoms with Gasteiger partial charge in [-0.05, 0) is 18.6 Å². The van der Waals surface area contributed by atoms with Crippen LogP contribution in [-0.2, 0) is 6.42 Å². The molecule has 3 heterocycles. The molecule has 0 bridgehead atoms. The lowest BCUT2D eigenvalue weighted by Crippen LogP contribution is -2.09. The van der Waals surface area contributed by atoms with Crippen LogP contribution in [0.3, 0.4) is 0 Å². The van der Waals surface area contributed by atoms with Crippen LogP contribution in [0.15, 0.2) is 29.3 Å². The number of nitrogens with zero attached hydrogens (tertiary/aromatic N) is 3. The van der Waals surface area contributed by atoms with Crippen LogP contribution in [0.4, 0.5) is 0 Å². The molecule has 0 fully saturated rings. The number of nitrogens with one attached hydrogen (secondary N) is 1. The smallest absolute Gasteiger partial charge is 0.260 e. The molecule has 0 saturated carbocycles. The fourth-order valence-corrected chi connectivity index (χ4v) is 2.65. The van der Waals surface area contributed by atoms with E-state index in [9.17, 15) is 4.79 Å². The van der Waals surface area contributed by atoms with Crippen molar-refractivity contribution in [1.29, 1.82) is 0 Å². The summed E-state index contributed by atoms with van der Waals surface area (Å²) < 4.78 is 0. The predicted octanol–water partition coefficient (Wildman–Crippen LogP) is 2.00. The molecule has 0 atom stereocenters. The number of rotatable bonds is 2. The van der Waals surface area contributed by atoms with Crippen molar-refractivity contribution in [3.05, 3.63) is 39.8 Å². The van der Waals surface area contributed by atoms with Gasteiger partial charge in [0.1, 0.15) is 4.83 Å². The molecule has 0 aliphatic carbocycles. The summed E-state index contributed by atoms with van der Waals surface area (Å²) in [4.78, 5) is 29.1. The van der Waals surface area contributed by atoms with Crippen LogP contribution in [0, 0.1) is 0 Å². The normalized spacial score (nSPS) is 10.9. The van der Waals surface area contributed by atoms with Crippen molar-refractivity contribution >= 4 is 21.6 Å². The van der Waals surface area contributed by atoms with Crippen LogP contribution in [0.25, 0.3) is 21.9 Å². The average Bonchev–Trinajstić information content (AvgIpc) is 2.83. The lowest BCUT2D eigenvalue weighted by Gasteiger charge is -1.97. The summed E-state index contributed by atoms with van der Waals surface area (Å²) in [7, 11) is 0. The van der Waals surface area contributed by atoms with Crippen LogP contribution < -0.4 is 5.56 Å². The van der Waals surface area contributed by atoms with E-state index in [0.717, 1.165) is 16.1 Å². The highest BCUT2D eigenvalue weighted by atomic mass is 32.1. The summed E-state index contributed by atoms with van der Waals surface area (Å²) in [5, 5.41) is 0.636. The Balaban J connectivity index is 2.24. The van der Waals surface area contributed by atoms with E-state index in [2.05, 4.69) is 26.9 Å². The minimum absolute atomic E-state index is 0.140. The van der Waals surface area contributed by atoms with Gasteiger partial charge in [0.25, 0.3) is 5.56 Å². The van der Waals surface area contributed by atoms with Crippen molar-refractivity contribution in [2.75, 3.05) is 0 Å². The first kappa shape index (κ1) is 11.0. The molecule has 1 N–H and O–H groups in total. The number of aryl methyl sites for hydroxylation is 1. The molecule has 5 nitrogen and oxygen atoms in total. The molecule has 18 heavy (non-hydrogen) atoms. The van der Waals surface area contributed by atoms with Gasteiger partial charge < -0.3 is 4.98 Å². The molecular formula is C12H10N4OS. The summed E-state index contributed by atoms with van der Waals surface area (Å²) in [6, 6.07) is 3.61. The Bertz CT molecular complexity index is 748. The molecule has 0 aromatic carbocycles. The summed E-state index contributed by atoms with van der Waals surface area (Å²) in [6.07, 6.45) is 4.15. The van der Waals surface area contributed by atoms with Crippen molar-refractivity contribution < 1.29 is 0 Å². The number of hydrogen-bond donors (Lipinski definition) is 1. The lowest BCUT2D eigenvalue weighted by molar-refractivity contribution is 1.08. The first-order valence-corrected chi connectivity index (χ1v) is 6.39. The second kappa shape index (κ2) is 4.30. The van der Waals surface area contributed by atoms with Crippen LogP contribution in [0.1, 0.15) is 11.8 Å².